The molecule has 0 aliphatic carbocycles. The van der Waals surface area contributed by atoms with E-state index in [2.05, 4.69) is 31.3 Å². The molecule has 6 nitrogen and oxygen atoms in total. The van der Waals surface area contributed by atoms with Gasteiger partial charge in [-0.15, -0.1) is 0 Å². The Hall–Kier alpha value is -1.66. The SMILES string of the molecule is CCCCCCCCCCCCCCCCCCCC/C=C/C(O)C(CO)NC(=O)CCCCCCCCCCCCCC/C=C\CCCCCCCCCCCCCCOC(=O)CCCCCCCCCCCCC. The second kappa shape index (κ2) is 65.9. The molecule has 2 atom stereocenters. The fourth-order valence-corrected chi connectivity index (χ4v) is 10.9. The standard InChI is InChI=1S/C70H135NO5/c1-3-5-7-9-11-13-15-16-17-18-19-30-33-36-39-43-46-50-54-58-62-68(73)67(66-72)71-69(74)63-59-55-51-47-44-40-37-34-31-28-26-24-22-20-21-23-25-27-29-32-35-38-41-45-49-53-57-61-65-76-70(75)64-60-56-52-48-42-14-12-10-8-6-4-2/h20-21,58,62,67-68,72-73H,3-19,22-57,59-61,63-66H2,1-2H3,(H,71,74)/b21-20-,62-58+. The summed E-state index contributed by atoms with van der Waals surface area (Å²) in [6.07, 6.45) is 82.5. The van der Waals surface area contributed by atoms with E-state index in [0.717, 1.165) is 38.5 Å². The summed E-state index contributed by atoms with van der Waals surface area (Å²) in [6, 6.07) is -0.628. The molecule has 2 unspecified atom stereocenters. The van der Waals surface area contributed by atoms with Crippen LogP contribution < -0.4 is 5.32 Å². The highest BCUT2D eigenvalue weighted by Crippen LogP contribution is 2.18. The normalized spacial score (nSPS) is 12.6. The molecule has 0 spiro atoms. The molecule has 0 aromatic rings. The van der Waals surface area contributed by atoms with Crippen molar-refractivity contribution >= 4 is 11.9 Å². The molecule has 0 rings (SSSR count). The summed E-state index contributed by atoms with van der Waals surface area (Å²) < 4.78 is 5.47. The Balaban J connectivity index is 3.41. The Labute approximate surface area is 475 Å². The van der Waals surface area contributed by atoms with Crippen LogP contribution in [0, 0.1) is 0 Å². The molecule has 76 heavy (non-hydrogen) atoms. The average Bonchev–Trinajstić information content (AvgIpc) is 3.42. The van der Waals surface area contributed by atoms with E-state index >= 15 is 0 Å². The van der Waals surface area contributed by atoms with Crippen LogP contribution in [0.3, 0.4) is 0 Å². The number of aliphatic hydroxyl groups is 2. The molecule has 0 saturated carbocycles. The van der Waals surface area contributed by atoms with Crippen molar-refractivity contribution in [2.45, 2.75) is 398 Å². The molecule has 0 aromatic carbocycles. The van der Waals surface area contributed by atoms with Gasteiger partial charge in [0.2, 0.25) is 5.91 Å². The molecule has 0 fully saturated rings. The van der Waals surface area contributed by atoms with E-state index < -0.39 is 12.1 Å². The van der Waals surface area contributed by atoms with E-state index in [9.17, 15) is 19.8 Å². The van der Waals surface area contributed by atoms with Crippen LogP contribution >= 0.6 is 0 Å². The van der Waals surface area contributed by atoms with Crippen molar-refractivity contribution in [2.24, 2.45) is 0 Å². The van der Waals surface area contributed by atoms with Gasteiger partial charge >= 0.3 is 5.97 Å². The summed E-state index contributed by atoms with van der Waals surface area (Å²) in [7, 11) is 0. The highest BCUT2D eigenvalue weighted by atomic mass is 16.5. The van der Waals surface area contributed by atoms with Crippen LogP contribution in [0.2, 0.25) is 0 Å². The molecule has 0 saturated heterocycles. The molecule has 0 bridgehead atoms. The monoisotopic (exact) mass is 1070 g/mol. The van der Waals surface area contributed by atoms with E-state index in [1.807, 2.05) is 6.08 Å². The molecule has 0 aliphatic heterocycles. The minimum atomic E-state index is -0.845. The fourth-order valence-electron chi connectivity index (χ4n) is 10.9. The Morgan fingerprint density at radius 3 is 0.934 bits per heavy atom. The van der Waals surface area contributed by atoms with Crippen LogP contribution in [0.1, 0.15) is 386 Å². The minimum absolute atomic E-state index is 0.0157. The van der Waals surface area contributed by atoms with Crippen molar-refractivity contribution in [1.82, 2.24) is 5.32 Å². The lowest BCUT2D eigenvalue weighted by molar-refractivity contribution is -0.143. The van der Waals surface area contributed by atoms with Crippen molar-refractivity contribution in [3.05, 3.63) is 24.3 Å². The third-order valence-electron chi connectivity index (χ3n) is 16.2. The van der Waals surface area contributed by atoms with Crippen LogP contribution in [0.4, 0.5) is 0 Å². The Morgan fingerprint density at radius 1 is 0.355 bits per heavy atom. The van der Waals surface area contributed by atoms with Gasteiger partial charge < -0.3 is 20.3 Å². The Bertz CT molecular complexity index is 1190. The molecule has 0 heterocycles. The Morgan fingerprint density at radius 2 is 0.618 bits per heavy atom. The van der Waals surface area contributed by atoms with E-state index in [4.69, 9.17) is 4.74 Å². The van der Waals surface area contributed by atoms with E-state index in [1.54, 1.807) is 6.08 Å². The smallest absolute Gasteiger partial charge is 0.305 e. The summed E-state index contributed by atoms with van der Waals surface area (Å²) >= 11 is 0. The zero-order valence-electron chi connectivity index (χ0n) is 51.5. The average molecular weight is 1070 g/mol. The number of allylic oxidation sites excluding steroid dienone is 3. The predicted octanol–water partition coefficient (Wildman–Crippen LogP) is 22.1. The third-order valence-corrected chi connectivity index (χ3v) is 16.2. The maximum absolute atomic E-state index is 12.5. The van der Waals surface area contributed by atoms with Gasteiger partial charge in [0.15, 0.2) is 0 Å². The number of hydrogen-bond donors (Lipinski definition) is 3. The minimum Gasteiger partial charge on any atom is -0.466 e. The quantitative estimate of drug-likeness (QED) is 0.0320. The van der Waals surface area contributed by atoms with Crippen molar-refractivity contribution in [3.8, 4) is 0 Å². The van der Waals surface area contributed by atoms with Crippen LogP contribution in [-0.4, -0.2) is 47.4 Å². The van der Waals surface area contributed by atoms with Gasteiger partial charge in [-0.25, -0.2) is 0 Å². The number of carbonyl (C=O) groups is 2. The van der Waals surface area contributed by atoms with E-state index in [-0.39, 0.29) is 18.5 Å². The highest BCUT2D eigenvalue weighted by Gasteiger charge is 2.18. The summed E-state index contributed by atoms with van der Waals surface area (Å²) in [6.45, 7) is 4.94. The Kier molecular flexibility index (Phi) is 64.4. The molecular weight excluding hydrogens is 935 g/mol. The number of amides is 1. The topological polar surface area (TPSA) is 95.9 Å². The largest absolute Gasteiger partial charge is 0.466 e. The van der Waals surface area contributed by atoms with Crippen molar-refractivity contribution in [3.63, 3.8) is 0 Å². The van der Waals surface area contributed by atoms with Crippen molar-refractivity contribution < 1.29 is 24.5 Å². The molecule has 0 aliphatic rings. The van der Waals surface area contributed by atoms with Gasteiger partial charge in [0.25, 0.3) is 0 Å². The molecular formula is C70H135NO5. The predicted molar refractivity (Wildman–Crippen MR) is 333 cm³/mol. The van der Waals surface area contributed by atoms with Crippen LogP contribution in [0.15, 0.2) is 24.3 Å². The molecule has 6 heteroatoms. The van der Waals surface area contributed by atoms with E-state index in [1.165, 1.54) is 321 Å². The number of unbranched alkanes of at least 4 members (excludes halogenated alkanes) is 52. The number of rotatable bonds is 65. The maximum atomic E-state index is 12.5. The lowest BCUT2D eigenvalue weighted by Crippen LogP contribution is -2.45. The van der Waals surface area contributed by atoms with Gasteiger partial charge in [-0.3, -0.25) is 9.59 Å². The van der Waals surface area contributed by atoms with Crippen LogP contribution in [-0.2, 0) is 14.3 Å². The van der Waals surface area contributed by atoms with Gasteiger partial charge in [0.05, 0.1) is 25.4 Å². The molecule has 450 valence electrons. The van der Waals surface area contributed by atoms with Crippen LogP contribution in [0.5, 0.6) is 0 Å². The number of ether oxygens (including phenoxy) is 1. The number of nitrogens with one attached hydrogen (secondary N) is 1. The summed E-state index contributed by atoms with van der Waals surface area (Å²) in [5, 5.41) is 23.2. The van der Waals surface area contributed by atoms with Gasteiger partial charge in [0, 0.05) is 12.8 Å². The first-order valence-electron chi connectivity index (χ1n) is 34.6. The van der Waals surface area contributed by atoms with Gasteiger partial charge in [-0.2, -0.15) is 0 Å². The zero-order chi connectivity index (χ0) is 55.0. The van der Waals surface area contributed by atoms with Gasteiger partial charge in [-0.1, -0.05) is 340 Å². The first-order valence-corrected chi connectivity index (χ1v) is 34.6. The van der Waals surface area contributed by atoms with Gasteiger partial charge in [-0.05, 0) is 57.8 Å². The maximum Gasteiger partial charge on any atom is 0.305 e. The summed E-state index contributed by atoms with van der Waals surface area (Å²) in [5.41, 5.74) is 0. The van der Waals surface area contributed by atoms with Crippen LogP contribution in [0.25, 0.3) is 0 Å². The number of esters is 1. The molecule has 1 amide bonds. The first kappa shape index (κ1) is 74.3. The van der Waals surface area contributed by atoms with Crippen molar-refractivity contribution in [1.29, 1.82) is 0 Å². The molecule has 0 radical (unpaired) electrons. The number of carbonyl (C=O) groups excluding carboxylic acids is 2. The van der Waals surface area contributed by atoms with E-state index in [0.29, 0.717) is 19.4 Å². The lowest BCUT2D eigenvalue weighted by Gasteiger charge is -2.20. The number of aliphatic hydroxyl groups excluding tert-OH is 2. The lowest BCUT2D eigenvalue weighted by atomic mass is 10.0. The highest BCUT2D eigenvalue weighted by molar-refractivity contribution is 5.76. The fraction of sp³-hybridized carbons (Fsp3) is 0.914. The van der Waals surface area contributed by atoms with Crippen molar-refractivity contribution in [2.75, 3.05) is 13.2 Å². The second-order valence-electron chi connectivity index (χ2n) is 23.9. The summed E-state index contributed by atoms with van der Waals surface area (Å²) in [4.78, 5) is 24.5. The summed E-state index contributed by atoms with van der Waals surface area (Å²) in [5.74, 6) is -0.0484. The van der Waals surface area contributed by atoms with Gasteiger partial charge in [0.1, 0.15) is 0 Å². The first-order chi connectivity index (χ1) is 37.5. The second-order valence-corrected chi connectivity index (χ2v) is 23.9. The third kappa shape index (κ3) is 61.6. The molecule has 3 N–H and O–H groups in total. The zero-order valence-corrected chi connectivity index (χ0v) is 51.5. The number of hydrogen-bond acceptors (Lipinski definition) is 5. The molecule has 0 aromatic heterocycles.